The summed E-state index contributed by atoms with van der Waals surface area (Å²) in [6.45, 7) is 0. The van der Waals surface area contributed by atoms with Crippen LogP contribution in [0.4, 0.5) is 0 Å². The van der Waals surface area contributed by atoms with Gasteiger partial charge in [0.05, 0.1) is 7.11 Å². The van der Waals surface area contributed by atoms with Crippen molar-refractivity contribution in [2.45, 2.75) is 4.90 Å². The highest BCUT2D eigenvalue weighted by Crippen LogP contribution is 2.35. The lowest BCUT2D eigenvalue weighted by Crippen LogP contribution is -2.01. The van der Waals surface area contributed by atoms with Crippen LogP contribution in [-0.4, -0.2) is 20.1 Å². The molecule has 0 saturated carbocycles. The molecule has 0 fully saturated rings. The van der Waals surface area contributed by atoms with Gasteiger partial charge in [-0.05, 0) is 24.3 Å². The van der Waals surface area contributed by atoms with Gasteiger partial charge in [0, 0.05) is 16.1 Å². The molecule has 0 bridgehead atoms. The average Bonchev–Trinajstić information content (AvgIpc) is 2.37. The summed E-state index contributed by atoms with van der Waals surface area (Å²) >= 11 is 5.90. The van der Waals surface area contributed by atoms with Gasteiger partial charge in [-0.1, -0.05) is 29.8 Å². The molecule has 0 saturated heterocycles. The van der Waals surface area contributed by atoms with Gasteiger partial charge < -0.3 is 4.74 Å². The van der Waals surface area contributed by atoms with Crippen LogP contribution in [0, 0.1) is 0 Å². The predicted octanol–water partition coefficient (Wildman–Crippen LogP) is 3.26. The van der Waals surface area contributed by atoms with Crippen LogP contribution in [0.5, 0.6) is 5.75 Å². The molecule has 0 radical (unpaired) electrons. The molecule has 4 nitrogen and oxygen atoms in total. The van der Waals surface area contributed by atoms with E-state index in [0.29, 0.717) is 21.9 Å². The summed E-state index contributed by atoms with van der Waals surface area (Å²) < 4.78 is 37.3. The fourth-order valence-electron chi connectivity index (χ4n) is 1.80. The van der Waals surface area contributed by atoms with Crippen LogP contribution in [0.2, 0.25) is 5.02 Å². The topological polar surface area (TPSA) is 63.6 Å². The lowest BCUT2D eigenvalue weighted by Gasteiger charge is -2.11. The van der Waals surface area contributed by atoms with Crippen molar-refractivity contribution in [1.82, 2.24) is 0 Å². The first-order valence-electron chi connectivity index (χ1n) is 5.34. The fraction of sp³-hybridized carbons (Fsp3) is 0.0769. The van der Waals surface area contributed by atoms with Gasteiger partial charge in [-0.3, -0.25) is 4.55 Å². The molecule has 0 atom stereocenters. The third kappa shape index (κ3) is 2.89. The van der Waals surface area contributed by atoms with E-state index < -0.39 is 10.1 Å². The van der Waals surface area contributed by atoms with E-state index in [-0.39, 0.29) is 4.90 Å². The summed E-state index contributed by atoms with van der Waals surface area (Å²) in [4.78, 5) is -0.207. The highest BCUT2D eigenvalue weighted by atomic mass is 35.5. The Labute approximate surface area is 116 Å². The summed E-state index contributed by atoms with van der Waals surface area (Å²) in [5.74, 6) is 0.495. The SMILES string of the molecule is COc1ccccc1-c1cc(Cl)ccc1S(=O)(=O)O. The molecule has 1 N–H and O–H groups in total. The Bertz CT molecular complexity index is 710. The second-order valence-corrected chi connectivity index (χ2v) is 5.64. The molecule has 0 aliphatic carbocycles. The van der Waals surface area contributed by atoms with Crippen LogP contribution in [0.3, 0.4) is 0 Å². The fourth-order valence-corrected chi connectivity index (χ4v) is 2.66. The molecule has 2 rings (SSSR count). The zero-order chi connectivity index (χ0) is 14.0. The summed E-state index contributed by atoms with van der Waals surface area (Å²) in [6, 6.07) is 11.0. The smallest absolute Gasteiger partial charge is 0.295 e. The van der Waals surface area contributed by atoms with Crippen molar-refractivity contribution < 1.29 is 17.7 Å². The number of para-hydroxylation sites is 1. The second-order valence-electron chi connectivity index (χ2n) is 3.82. The molecule has 0 unspecified atom stereocenters. The monoisotopic (exact) mass is 298 g/mol. The van der Waals surface area contributed by atoms with Crippen LogP contribution in [0.1, 0.15) is 0 Å². The molecule has 0 spiro atoms. The standard InChI is InChI=1S/C13H11ClO4S/c1-18-12-5-3-2-4-10(12)11-8-9(14)6-7-13(11)19(15,16)17/h2-8H,1H3,(H,15,16,17). The minimum atomic E-state index is -4.34. The van der Waals surface area contributed by atoms with Crippen molar-refractivity contribution in [1.29, 1.82) is 0 Å². The van der Waals surface area contributed by atoms with E-state index >= 15 is 0 Å². The lowest BCUT2D eigenvalue weighted by atomic mass is 10.0. The quantitative estimate of drug-likeness (QED) is 0.883. The summed E-state index contributed by atoms with van der Waals surface area (Å²) in [6.07, 6.45) is 0. The van der Waals surface area contributed by atoms with E-state index in [0.717, 1.165) is 0 Å². The maximum atomic E-state index is 11.4. The van der Waals surface area contributed by atoms with Gasteiger partial charge in [-0.25, -0.2) is 0 Å². The van der Waals surface area contributed by atoms with Crippen molar-refractivity contribution in [3.05, 3.63) is 47.5 Å². The second kappa shape index (κ2) is 5.21. The molecule has 0 amide bonds. The van der Waals surface area contributed by atoms with E-state index in [9.17, 15) is 13.0 Å². The zero-order valence-electron chi connectivity index (χ0n) is 10.00. The third-order valence-electron chi connectivity index (χ3n) is 2.62. The lowest BCUT2D eigenvalue weighted by molar-refractivity contribution is 0.416. The van der Waals surface area contributed by atoms with Crippen molar-refractivity contribution in [3.63, 3.8) is 0 Å². The van der Waals surface area contributed by atoms with Gasteiger partial charge in [0.25, 0.3) is 10.1 Å². The molecule has 0 aromatic heterocycles. The van der Waals surface area contributed by atoms with Crippen molar-refractivity contribution in [2.24, 2.45) is 0 Å². The highest BCUT2D eigenvalue weighted by Gasteiger charge is 2.19. The van der Waals surface area contributed by atoms with Gasteiger partial charge in [-0.2, -0.15) is 8.42 Å². The van der Waals surface area contributed by atoms with E-state index in [2.05, 4.69) is 0 Å². The van der Waals surface area contributed by atoms with E-state index in [1.54, 1.807) is 24.3 Å². The molecule has 19 heavy (non-hydrogen) atoms. The van der Waals surface area contributed by atoms with Crippen LogP contribution < -0.4 is 4.74 Å². The van der Waals surface area contributed by atoms with Gasteiger partial charge >= 0.3 is 0 Å². The first kappa shape index (κ1) is 13.9. The molecule has 100 valence electrons. The van der Waals surface area contributed by atoms with Crippen LogP contribution >= 0.6 is 11.6 Å². The maximum absolute atomic E-state index is 11.4. The van der Waals surface area contributed by atoms with Crippen LogP contribution in [0.25, 0.3) is 11.1 Å². The van der Waals surface area contributed by atoms with Crippen molar-refractivity contribution in [3.8, 4) is 16.9 Å². The number of rotatable bonds is 3. The predicted molar refractivity (Wildman–Crippen MR) is 73.3 cm³/mol. The molecular weight excluding hydrogens is 288 g/mol. The van der Waals surface area contributed by atoms with Gasteiger partial charge in [0.15, 0.2) is 0 Å². The number of ether oxygens (including phenoxy) is 1. The number of hydrogen-bond donors (Lipinski definition) is 1. The number of methoxy groups -OCH3 is 1. The summed E-state index contributed by atoms with van der Waals surface area (Å²) in [5.41, 5.74) is 0.840. The van der Waals surface area contributed by atoms with Crippen molar-refractivity contribution in [2.75, 3.05) is 7.11 Å². The average molecular weight is 299 g/mol. The van der Waals surface area contributed by atoms with Crippen LogP contribution in [-0.2, 0) is 10.1 Å². The summed E-state index contributed by atoms with van der Waals surface area (Å²) in [7, 11) is -2.85. The molecule has 0 aliphatic rings. The first-order valence-corrected chi connectivity index (χ1v) is 7.15. The van der Waals surface area contributed by atoms with Gasteiger partial charge in [0.1, 0.15) is 10.6 Å². The Balaban J connectivity index is 2.78. The minimum Gasteiger partial charge on any atom is -0.496 e. The number of halogens is 1. The highest BCUT2D eigenvalue weighted by molar-refractivity contribution is 7.86. The largest absolute Gasteiger partial charge is 0.496 e. The maximum Gasteiger partial charge on any atom is 0.295 e. The van der Waals surface area contributed by atoms with Gasteiger partial charge in [0.2, 0.25) is 0 Å². The Morgan fingerprint density at radius 3 is 2.42 bits per heavy atom. The normalized spacial score (nSPS) is 11.3. The van der Waals surface area contributed by atoms with E-state index in [1.165, 1.54) is 25.3 Å². The molecule has 2 aromatic rings. The van der Waals surface area contributed by atoms with E-state index in [1.807, 2.05) is 0 Å². The Morgan fingerprint density at radius 2 is 1.79 bits per heavy atom. The third-order valence-corrected chi connectivity index (χ3v) is 3.76. The van der Waals surface area contributed by atoms with Gasteiger partial charge in [-0.15, -0.1) is 0 Å². The molecule has 6 heteroatoms. The number of hydrogen-bond acceptors (Lipinski definition) is 3. The zero-order valence-corrected chi connectivity index (χ0v) is 11.6. The Kier molecular flexibility index (Phi) is 3.80. The summed E-state index contributed by atoms with van der Waals surface area (Å²) in [5, 5.41) is 0.369. The van der Waals surface area contributed by atoms with Crippen LogP contribution in [0.15, 0.2) is 47.4 Å². The Morgan fingerprint density at radius 1 is 1.11 bits per heavy atom. The molecule has 2 aromatic carbocycles. The van der Waals surface area contributed by atoms with Crippen molar-refractivity contribution >= 4 is 21.7 Å². The molecule has 0 aliphatic heterocycles. The first-order chi connectivity index (χ1) is 8.93. The molecular formula is C13H11ClO4S. The van der Waals surface area contributed by atoms with E-state index in [4.69, 9.17) is 16.3 Å². The minimum absolute atomic E-state index is 0.207. The number of benzene rings is 2. The Hall–Kier alpha value is -1.56. The molecule has 0 heterocycles.